The summed E-state index contributed by atoms with van der Waals surface area (Å²) in [7, 11) is 0. The summed E-state index contributed by atoms with van der Waals surface area (Å²) >= 11 is 0. The van der Waals surface area contributed by atoms with E-state index in [1.807, 2.05) is 0 Å². The number of amides is 1. The molecule has 2 N–H and O–H groups in total. The fraction of sp³-hybridized carbons (Fsp3) is 0.375. The lowest BCUT2D eigenvalue weighted by atomic mass is 9.98. The van der Waals surface area contributed by atoms with Crippen LogP contribution in [-0.4, -0.2) is 37.5 Å². The fourth-order valence-corrected chi connectivity index (χ4v) is 2.25. The number of nitrogens with zero attached hydrogens (tertiary/aromatic N) is 3. The number of carbonyl (C=O) groups is 2. The summed E-state index contributed by atoms with van der Waals surface area (Å²) in [6.45, 7) is 3.27. The van der Waals surface area contributed by atoms with Gasteiger partial charge >= 0.3 is 12.1 Å². The van der Waals surface area contributed by atoms with E-state index in [1.165, 1.54) is 18.2 Å². The monoisotopic (exact) mass is 370 g/mol. The van der Waals surface area contributed by atoms with E-state index in [4.69, 9.17) is 5.11 Å². The Hall–Kier alpha value is -2.91. The van der Waals surface area contributed by atoms with Crippen molar-refractivity contribution in [3.8, 4) is 5.69 Å². The lowest BCUT2D eigenvalue weighted by molar-refractivity contribution is -0.138. The van der Waals surface area contributed by atoms with Gasteiger partial charge in [-0.2, -0.15) is 13.2 Å². The van der Waals surface area contributed by atoms with Crippen LogP contribution < -0.4 is 5.32 Å². The molecule has 2 aromatic rings. The van der Waals surface area contributed by atoms with Crippen LogP contribution in [0.1, 0.15) is 42.7 Å². The number of benzene rings is 1. The van der Waals surface area contributed by atoms with Crippen molar-refractivity contribution in [2.24, 2.45) is 0 Å². The first-order valence-electron chi connectivity index (χ1n) is 7.63. The van der Waals surface area contributed by atoms with Crippen molar-refractivity contribution in [1.29, 1.82) is 0 Å². The first kappa shape index (κ1) is 19.4. The van der Waals surface area contributed by atoms with Gasteiger partial charge in [-0.3, -0.25) is 9.59 Å². The summed E-state index contributed by atoms with van der Waals surface area (Å²) in [5, 5.41) is 18.5. The Balaban J connectivity index is 2.20. The SMILES string of the molecule is CC(C)(CCC(=O)O)NC(=O)c1cn(-c2ccccc2C(F)(F)F)nn1. The molecule has 10 heteroatoms. The average Bonchev–Trinajstić information content (AvgIpc) is 3.02. The Bertz CT molecular complexity index is 815. The van der Waals surface area contributed by atoms with Gasteiger partial charge in [-0.25, -0.2) is 4.68 Å². The second-order valence-corrected chi connectivity index (χ2v) is 6.30. The Kier molecular flexibility index (Phi) is 5.33. The highest BCUT2D eigenvalue weighted by Gasteiger charge is 2.34. The minimum Gasteiger partial charge on any atom is -0.481 e. The Labute approximate surface area is 146 Å². The lowest BCUT2D eigenvalue weighted by Crippen LogP contribution is -2.43. The van der Waals surface area contributed by atoms with Crippen molar-refractivity contribution >= 4 is 11.9 Å². The van der Waals surface area contributed by atoms with Crippen LogP contribution in [0.25, 0.3) is 5.69 Å². The normalized spacial score (nSPS) is 12.0. The van der Waals surface area contributed by atoms with E-state index in [-0.39, 0.29) is 24.2 Å². The Morgan fingerprint density at radius 3 is 2.50 bits per heavy atom. The molecule has 1 heterocycles. The van der Waals surface area contributed by atoms with E-state index in [0.717, 1.165) is 16.9 Å². The van der Waals surface area contributed by atoms with Crippen molar-refractivity contribution in [2.45, 2.75) is 38.4 Å². The molecule has 7 nitrogen and oxygen atoms in total. The maximum absolute atomic E-state index is 13.1. The third-order valence-corrected chi connectivity index (χ3v) is 3.60. The smallest absolute Gasteiger partial charge is 0.418 e. The molecule has 0 unspecified atom stereocenters. The maximum atomic E-state index is 13.1. The molecule has 140 valence electrons. The van der Waals surface area contributed by atoms with Crippen LogP contribution in [0.2, 0.25) is 0 Å². The molecular weight excluding hydrogens is 353 g/mol. The van der Waals surface area contributed by atoms with E-state index < -0.39 is 29.2 Å². The number of alkyl halides is 3. The maximum Gasteiger partial charge on any atom is 0.418 e. The van der Waals surface area contributed by atoms with Crippen LogP contribution in [0.15, 0.2) is 30.5 Å². The molecular formula is C16H17F3N4O3. The van der Waals surface area contributed by atoms with Crippen LogP contribution in [0, 0.1) is 0 Å². The van der Waals surface area contributed by atoms with Gasteiger partial charge in [-0.15, -0.1) is 5.10 Å². The van der Waals surface area contributed by atoms with Crippen LogP contribution in [-0.2, 0) is 11.0 Å². The molecule has 0 fully saturated rings. The first-order chi connectivity index (χ1) is 12.0. The minimum absolute atomic E-state index is 0.140. The number of hydrogen-bond donors (Lipinski definition) is 2. The van der Waals surface area contributed by atoms with Gasteiger partial charge < -0.3 is 10.4 Å². The molecule has 0 atom stereocenters. The third-order valence-electron chi connectivity index (χ3n) is 3.60. The van der Waals surface area contributed by atoms with Gasteiger partial charge in [0, 0.05) is 12.0 Å². The highest BCUT2D eigenvalue weighted by atomic mass is 19.4. The van der Waals surface area contributed by atoms with E-state index >= 15 is 0 Å². The van der Waals surface area contributed by atoms with Crippen molar-refractivity contribution in [1.82, 2.24) is 20.3 Å². The van der Waals surface area contributed by atoms with E-state index in [1.54, 1.807) is 13.8 Å². The Morgan fingerprint density at radius 1 is 1.23 bits per heavy atom. The topological polar surface area (TPSA) is 97.1 Å². The molecule has 0 bridgehead atoms. The van der Waals surface area contributed by atoms with Crippen molar-refractivity contribution < 1.29 is 27.9 Å². The molecule has 1 aromatic carbocycles. The number of carboxylic acids is 1. The molecule has 0 radical (unpaired) electrons. The second-order valence-electron chi connectivity index (χ2n) is 6.30. The summed E-state index contributed by atoms with van der Waals surface area (Å²) in [6.07, 6.45) is -3.45. The number of nitrogens with one attached hydrogen (secondary N) is 1. The highest BCUT2D eigenvalue weighted by molar-refractivity contribution is 5.92. The van der Waals surface area contributed by atoms with Crippen LogP contribution >= 0.6 is 0 Å². The number of hydrogen-bond acceptors (Lipinski definition) is 4. The molecule has 0 aliphatic rings. The fourth-order valence-electron chi connectivity index (χ4n) is 2.25. The summed E-state index contributed by atoms with van der Waals surface area (Å²) in [6, 6.07) is 4.80. The predicted molar refractivity (Wildman–Crippen MR) is 84.8 cm³/mol. The summed E-state index contributed by atoms with van der Waals surface area (Å²) < 4.78 is 40.1. The standard InChI is InChI=1S/C16H17F3N4O3/c1-15(2,8-7-13(24)25)20-14(26)11-9-23(22-21-11)12-6-4-3-5-10(12)16(17,18)19/h3-6,9H,7-8H2,1-2H3,(H,20,26)(H,24,25). The predicted octanol–water partition coefficient (Wildman–Crippen LogP) is 2.66. The van der Waals surface area contributed by atoms with Gasteiger partial charge in [0.2, 0.25) is 0 Å². The zero-order valence-corrected chi connectivity index (χ0v) is 14.0. The number of para-hydroxylation sites is 1. The van der Waals surface area contributed by atoms with Gasteiger partial charge in [-0.1, -0.05) is 17.3 Å². The van der Waals surface area contributed by atoms with Crippen LogP contribution in [0.5, 0.6) is 0 Å². The van der Waals surface area contributed by atoms with Gasteiger partial charge in [0.25, 0.3) is 5.91 Å². The molecule has 0 saturated carbocycles. The summed E-state index contributed by atoms with van der Waals surface area (Å²) in [5.41, 5.74) is -2.16. The van der Waals surface area contributed by atoms with Crippen LogP contribution in [0.4, 0.5) is 13.2 Å². The number of carbonyl (C=O) groups excluding carboxylic acids is 1. The quantitative estimate of drug-likeness (QED) is 0.815. The van der Waals surface area contributed by atoms with Gasteiger partial charge in [0.15, 0.2) is 5.69 Å². The Morgan fingerprint density at radius 2 is 1.88 bits per heavy atom. The third kappa shape index (κ3) is 4.80. The summed E-state index contributed by atoms with van der Waals surface area (Å²) in [5.74, 6) is -1.65. The zero-order valence-electron chi connectivity index (χ0n) is 14.0. The van der Waals surface area contributed by atoms with Crippen molar-refractivity contribution in [3.05, 3.63) is 41.7 Å². The number of carboxylic acid groups (broad SMARTS) is 1. The molecule has 0 spiro atoms. The number of rotatable bonds is 6. The first-order valence-corrected chi connectivity index (χ1v) is 7.63. The largest absolute Gasteiger partial charge is 0.481 e. The highest BCUT2D eigenvalue weighted by Crippen LogP contribution is 2.33. The van der Waals surface area contributed by atoms with E-state index in [9.17, 15) is 22.8 Å². The molecule has 2 rings (SSSR count). The van der Waals surface area contributed by atoms with Gasteiger partial charge in [-0.05, 0) is 32.4 Å². The minimum atomic E-state index is -4.58. The van der Waals surface area contributed by atoms with E-state index in [0.29, 0.717) is 0 Å². The number of halogens is 3. The van der Waals surface area contributed by atoms with E-state index in [2.05, 4.69) is 15.6 Å². The molecule has 26 heavy (non-hydrogen) atoms. The average molecular weight is 370 g/mol. The molecule has 1 amide bonds. The summed E-state index contributed by atoms with van der Waals surface area (Å²) in [4.78, 5) is 22.9. The number of aromatic nitrogens is 3. The molecule has 1 aromatic heterocycles. The van der Waals surface area contributed by atoms with Gasteiger partial charge in [0.05, 0.1) is 17.4 Å². The van der Waals surface area contributed by atoms with Crippen LogP contribution in [0.3, 0.4) is 0 Å². The molecule has 0 saturated heterocycles. The molecule has 0 aliphatic carbocycles. The van der Waals surface area contributed by atoms with Crippen molar-refractivity contribution in [3.63, 3.8) is 0 Å². The van der Waals surface area contributed by atoms with Crippen molar-refractivity contribution in [2.75, 3.05) is 0 Å². The molecule has 0 aliphatic heterocycles. The van der Waals surface area contributed by atoms with Gasteiger partial charge in [0.1, 0.15) is 0 Å². The zero-order chi connectivity index (χ0) is 19.5. The second kappa shape index (κ2) is 7.14. The number of aliphatic carboxylic acids is 1. The lowest BCUT2D eigenvalue weighted by Gasteiger charge is -2.24.